The van der Waals surface area contributed by atoms with Crippen molar-refractivity contribution in [3.8, 4) is 0 Å². The van der Waals surface area contributed by atoms with Gasteiger partial charge in [-0.2, -0.15) is 0 Å². The van der Waals surface area contributed by atoms with Gasteiger partial charge in [0.05, 0.1) is 18.3 Å². The van der Waals surface area contributed by atoms with Crippen molar-refractivity contribution in [3.05, 3.63) is 93.5 Å². The zero-order chi connectivity index (χ0) is 23.8. The molecule has 0 aliphatic rings. The topological polar surface area (TPSA) is 89.5 Å². The van der Waals surface area contributed by atoms with E-state index in [9.17, 15) is 14.4 Å². The summed E-state index contributed by atoms with van der Waals surface area (Å²) in [4.78, 5) is 41.7. The van der Waals surface area contributed by atoms with E-state index < -0.39 is 11.2 Å². The van der Waals surface area contributed by atoms with Crippen LogP contribution in [0.1, 0.15) is 5.76 Å². The number of nitrogens with zero attached hydrogens (tertiary/aromatic N) is 3. The number of nitrogens with one attached hydrogen (secondary N) is 1. The molecule has 0 aliphatic heterocycles. The van der Waals surface area contributed by atoms with Gasteiger partial charge in [-0.15, -0.1) is 11.3 Å². The van der Waals surface area contributed by atoms with Crippen LogP contribution in [0.4, 0.5) is 11.4 Å². The molecule has 0 saturated carbocycles. The van der Waals surface area contributed by atoms with Crippen molar-refractivity contribution in [3.63, 3.8) is 0 Å². The number of fused-ring (bicyclic) bond motifs is 3. The molecule has 0 fully saturated rings. The molecule has 0 radical (unpaired) electrons. The average Bonchev–Trinajstić information content (AvgIpc) is 3.48. The molecule has 3 aromatic heterocycles. The highest BCUT2D eigenvalue weighted by atomic mass is 32.1. The van der Waals surface area contributed by atoms with E-state index in [0.29, 0.717) is 21.7 Å². The van der Waals surface area contributed by atoms with Crippen molar-refractivity contribution in [2.75, 3.05) is 24.3 Å². The average molecular weight is 475 g/mol. The molecule has 8 nitrogen and oxygen atoms in total. The number of aromatic nitrogens is 2. The van der Waals surface area contributed by atoms with E-state index in [2.05, 4.69) is 5.32 Å². The van der Waals surface area contributed by atoms with Crippen LogP contribution in [0.25, 0.3) is 20.3 Å². The van der Waals surface area contributed by atoms with Gasteiger partial charge in [0.15, 0.2) is 0 Å². The fourth-order valence-corrected chi connectivity index (χ4v) is 5.08. The zero-order valence-electron chi connectivity index (χ0n) is 18.6. The second kappa shape index (κ2) is 8.68. The lowest BCUT2D eigenvalue weighted by molar-refractivity contribution is -0.116. The zero-order valence-corrected chi connectivity index (χ0v) is 19.5. The highest BCUT2D eigenvalue weighted by molar-refractivity contribution is 7.25. The van der Waals surface area contributed by atoms with Gasteiger partial charge in [-0.1, -0.05) is 18.2 Å². The van der Waals surface area contributed by atoms with Gasteiger partial charge < -0.3 is 14.6 Å². The number of hydrogen-bond acceptors (Lipinski definition) is 6. The van der Waals surface area contributed by atoms with Crippen LogP contribution in [0.2, 0.25) is 0 Å². The summed E-state index contributed by atoms with van der Waals surface area (Å²) in [5.41, 5.74) is 1.15. The summed E-state index contributed by atoms with van der Waals surface area (Å²) >= 11 is 1.31. The van der Waals surface area contributed by atoms with E-state index >= 15 is 0 Å². The van der Waals surface area contributed by atoms with Crippen LogP contribution >= 0.6 is 11.3 Å². The maximum atomic E-state index is 13.5. The Labute approximate surface area is 198 Å². The summed E-state index contributed by atoms with van der Waals surface area (Å²) < 4.78 is 9.16. The Morgan fingerprint density at radius 2 is 1.76 bits per heavy atom. The SMILES string of the molecule is CN(C)c1ccc(NC(=O)Cn2c(=O)n(Cc3ccco3)c(=O)c3sc4ccccc4c32)cc1. The fourth-order valence-electron chi connectivity index (χ4n) is 3.93. The Morgan fingerprint density at radius 1 is 1.00 bits per heavy atom. The summed E-state index contributed by atoms with van der Waals surface area (Å²) in [6.45, 7) is -0.244. The van der Waals surface area contributed by atoms with Crippen LogP contribution in [-0.2, 0) is 17.9 Å². The first kappa shape index (κ1) is 21.7. The van der Waals surface area contributed by atoms with Crippen LogP contribution < -0.4 is 21.5 Å². The Kier molecular flexibility index (Phi) is 5.54. The molecule has 2 aromatic carbocycles. The van der Waals surface area contributed by atoms with Crippen LogP contribution in [-0.4, -0.2) is 29.1 Å². The van der Waals surface area contributed by atoms with Crippen molar-refractivity contribution >= 4 is 48.9 Å². The van der Waals surface area contributed by atoms with Crippen molar-refractivity contribution in [2.24, 2.45) is 0 Å². The Morgan fingerprint density at radius 3 is 2.47 bits per heavy atom. The lowest BCUT2D eigenvalue weighted by atomic mass is 10.2. The van der Waals surface area contributed by atoms with Crippen molar-refractivity contribution in [2.45, 2.75) is 13.1 Å². The molecule has 1 amide bonds. The van der Waals surface area contributed by atoms with Crippen molar-refractivity contribution < 1.29 is 9.21 Å². The Balaban J connectivity index is 1.59. The Hall–Kier alpha value is -4.11. The molecular formula is C25H22N4O4S. The summed E-state index contributed by atoms with van der Waals surface area (Å²) in [6.07, 6.45) is 1.49. The van der Waals surface area contributed by atoms with Gasteiger partial charge in [0.25, 0.3) is 5.56 Å². The quantitative estimate of drug-likeness (QED) is 0.405. The van der Waals surface area contributed by atoms with Gasteiger partial charge in [0.2, 0.25) is 5.91 Å². The molecule has 0 bridgehead atoms. The molecule has 0 saturated heterocycles. The molecule has 0 unspecified atom stereocenters. The van der Waals surface area contributed by atoms with Crippen LogP contribution in [0.5, 0.6) is 0 Å². The number of thiophene rings is 1. The number of carbonyl (C=O) groups excluding carboxylic acids is 1. The largest absolute Gasteiger partial charge is 0.467 e. The number of anilines is 2. The molecular weight excluding hydrogens is 452 g/mol. The van der Waals surface area contributed by atoms with Gasteiger partial charge in [-0.3, -0.25) is 18.7 Å². The molecule has 0 atom stereocenters. The smallest absolute Gasteiger partial charge is 0.332 e. The fraction of sp³-hybridized carbons (Fsp3) is 0.160. The predicted molar refractivity (Wildman–Crippen MR) is 135 cm³/mol. The third-order valence-electron chi connectivity index (χ3n) is 5.60. The molecule has 5 rings (SSSR count). The minimum Gasteiger partial charge on any atom is -0.467 e. The molecule has 9 heteroatoms. The van der Waals surface area contributed by atoms with Gasteiger partial charge in [0.1, 0.15) is 17.0 Å². The summed E-state index contributed by atoms with van der Waals surface area (Å²) in [5.74, 6) is 0.121. The number of furan rings is 1. The van der Waals surface area contributed by atoms with Gasteiger partial charge >= 0.3 is 5.69 Å². The maximum absolute atomic E-state index is 13.5. The highest BCUT2D eigenvalue weighted by Gasteiger charge is 2.20. The number of rotatable bonds is 6. The monoisotopic (exact) mass is 474 g/mol. The summed E-state index contributed by atoms with van der Waals surface area (Å²) in [7, 11) is 3.88. The van der Waals surface area contributed by atoms with Crippen LogP contribution in [0.15, 0.2) is 80.9 Å². The second-order valence-electron chi connectivity index (χ2n) is 8.10. The maximum Gasteiger partial charge on any atom is 0.332 e. The first-order valence-corrected chi connectivity index (χ1v) is 11.5. The van der Waals surface area contributed by atoms with Crippen molar-refractivity contribution in [1.82, 2.24) is 9.13 Å². The van der Waals surface area contributed by atoms with Gasteiger partial charge in [0, 0.05) is 35.6 Å². The molecule has 5 aromatic rings. The lowest BCUT2D eigenvalue weighted by Crippen LogP contribution is -2.41. The third kappa shape index (κ3) is 3.90. The van der Waals surface area contributed by atoms with E-state index in [0.717, 1.165) is 20.3 Å². The van der Waals surface area contributed by atoms with Crippen LogP contribution in [0, 0.1) is 0 Å². The normalized spacial score (nSPS) is 11.2. The number of hydrogen-bond donors (Lipinski definition) is 1. The molecule has 3 heterocycles. The third-order valence-corrected chi connectivity index (χ3v) is 6.75. The van der Waals surface area contributed by atoms with Gasteiger partial charge in [-0.25, -0.2) is 4.79 Å². The number of benzene rings is 2. The van der Waals surface area contributed by atoms with E-state index in [4.69, 9.17) is 4.42 Å². The molecule has 172 valence electrons. The molecule has 0 aliphatic carbocycles. The molecule has 1 N–H and O–H groups in total. The predicted octanol–water partition coefficient (Wildman–Crippen LogP) is 3.72. The number of amides is 1. The first-order valence-electron chi connectivity index (χ1n) is 10.7. The standard InChI is InChI=1S/C25H22N4O4S/c1-27(2)17-11-9-16(10-12-17)26-21(30)15-28-22-19-7-3-4-8-20(19)34-23(22)24(31)29(25(28)32)14-18-6-5-13-33-18/h3-13H,14-15H2,1-2H3,(H,26,30). The first-order chi connectivity index (χ1) is 16.4. The minimum absolute atomic E-state index is 0.0114. The van der Waals surface area contributed by atoms with E-state index in [-0.39, 0.29) is 19.0 Å². The van der Waals surface area contributed by atoms with Crippen LogP contribution in [0.3, 0.4) is 0 Å². The van der Waals surface area contributed by atoms with Gasteiger partial charge in [-0.05, 0) is 42.5 Å². The number of carbonyl (C=O) groups is 1. The van der Waals surface area contributed by atoms with E-state index in [1.807, 2.05) is 67.5 Å². The second-order valence-corrected chi connectivity index (χ2v) is 9.16. The van der Waals surface area contributed by atoms with E-state index in [1.54, 1.807) is 12.1 Å². The lowest BCUT2D eigenvalue weighted by Gasteiger charge is -2.14. The van der Waals surface area contributed by atoms with Crippen molar-refractivity contribution in [1.29, 1.82) is 0 Å². The molecule has 34 heavy (non-hydrogen) atoms. The molecule has 0 spiro atoms. The Bertz CT molecular complexity index is 1610. The van der Waals surface area contributed by atoms with E-state index in [1.165, 1.54) is 22.2 Å². The summed E-state index contributed by atoms with van der Waals surface area (Å²) in [5, 5.41) is 3.62. The summed E-state index contributed by atoms with van der Waals surface area (Å²) in [6, 6.07) is 18.3. The highest BCUT2D eigenvalue weighted by Crippen LogP contribution is 2.31. The minimum atomic E-state index is -0.560.